The standard InChI is InChI=1S/C27H34N4O3/c1-3-34-25(32)17-22-9-8-21-16-23(10-11-24(21)26(22)28)27(33)20-6-4-19(5-7-20)18-29-31-14-12-30(2)13-15-31/h4-7,10-11,16,18,22,26H,3,8-9,12-15,17,28H2,1-2H3. The van der Waals surface area contributed by atoms with E-state index >= 15 is 0 Å². The Bertz CT molecular complexity index is 1040. The highest BCUT2D eigenvalue weighted by Gasteiger charge is 2.29. The molecule has 2 atom stereocenters. The number of hydrazone groups is 1. The predicted molar refractivity (Wildman–Crippen MR) is 133 cm³/mol. The first-order valence-corrected chi connectivity index (χ1v) is 12.1. The molecule has 1 aliphatic heterocycles. The first kappa shape index (κ1) is 24.1. The van der Waals surface area contributed by atoms with Gasteiger partial charge in [-0.15, -0.1) is 0 Å². The summed E-state index contributed by atoms with van der Waals surface area (Å²) in [5.41, 5.74) is 10.9. The van der Waals surface area contributed by atoms with Gasteiger partial charge in [0.25, 0.3) is 0 Å². The van der Waals surface area contributed by atoms with Crippen molar-refractivity contribution in [2.45, 2.75) is 32.2 Å². The predicted octanol–water partition coefficient (Wildman–Crippen LogP) is 3.01. The molecule has 0 amide bonds. The number of fused-ring (bicyclic) bond motifs is 1. The van der Waals surface area contributed by atoms with Crippen LogP contribution < -0.4 is 5.73 Å². The fourth-order valence-corrected chi connectivity index (χ4v) is 4.67. The summed E-state index contributed by atoms with van der Waals surface area (Å²) in [6.07, 6.45) is 3.80. The molecule has 0 aromatic heterocycles. The largest absolute Gasteiger partial charge is 0.466 e. The minimum Gasteiger partial charge on any atom is -0.466 e. The number of nitrogens with zero attached hydrogens (tertiary/aromatic N) is 3. The molecule has 4 rings (SSSR count). The number of aryl methyl sites for hydroxylation is 1. The first-order valence-electron chi connectivity index (χ1n) is 12.1. The van der Waals surface area contributed by atoms with Gasteiger partial charge in [-0.3, -0.25) is 14.6 Å². The molecular formula is C27H34N4O3. The molecule has 0 radical (unpaired) electrons. The van der Waals surface area contributed by atoms with Gasteiger partial charge in [-0.2, -0.15) is 5.10 Å². The smallest absolute Gasteiger partial charge is 0.306 e. The van der Waals surface area contributed by atoms with Crippen LogP contribution in [-0.2, 0) is 16.0 Å². The van der Waals surface area contributed by atoms with Crippen LogP contribution in [0.15, 0.2) is 47.6 Å². The van der Waals surface area contributed by atoms with Crippen molar-refractivity contribution in [1.82, 2.24) is 9.91 Å². The molecule has 1 saturated heterocycles. The lowest BCUT2D eigenvalue weighted by molar-refractivity contribution is -0.144. The van der Waals surface area contributed by atoms with Crippen LogP contribution in [0.3, 0.4) is 0 Å². The molecular weight excluding hydrogens is 428 g/mol. The van der Waals surface area contributed by atoms with E-state index in [0.29, 0.717) is 24.2 Å². The molecule has 34 heavy (non-hydrogen) atoms. The van der Waals surface area contributed by atoms with Crippen LogP contribution in [0.25, 0.3) is 0 Å². The van der Waals surface area contributed by atoms with Crippen LogP contribution in [0.5, 0.6) is 0 Å². The molecule has 0 saturated carbocycles. The average molecular weight is 463 g/mol. The summed E-state index contributed by atoms with van der Waals surface area (Å²) in [7, 11) is 2.12. The van der Waals surface area contributed by atoms with Crippen LogP contribution in [0, 0.1) is 5.92 Å². The maximum Gasteiger partial charge on any atom is 0.306 e. The maximum atomic E-state index is 13.1. The van der Waals surface area contributed by atoms with Crippen LogP contribution in [-0.4, -0.2) is 67.7 Å². The van der Waals surface area contributed by atoms with E-state index in [9.17, 15) is 9.59 Å². The normalized spacial score (nSPS) is 20.9. The summed E-state index contributed by atoms with van der Waals surface area (Å²) in [6, 6.07) is 13.1. The summed E-state index contributed by atoms with van der Waals surface area (Å²) >= 11 is 0. The second-order valence-electron chi connectivity index (χ2n) is 9.20. The third-order valence-electron chi connectivity index (χ3n) is 6.81. The van der Waals surface area contributed by atoms with Gasteiger partial charge in [-0.25, -0.2) is 0 Å². The van der Waals surface area contributed by atoms with Crippen molar-refractivity contribution >= 4 is 18.0 Å². The lowest BCUT2D eigenvalue weighted by Gasteiger charge is -2.30. The summed E-state index contributed by atoms with van der Waals surface area (Å²) in [5.74, 6) is -0.143. The highest BCUT2D eigenvalue weighted by Crippen LogP contribution is 2.35. The molecule has 2 aromatic carbocycles. The quantitative estimate of drug-likeness (QED) is 0.387. The summed E-state index contributed by atoms with van der Waals surface area (Å²) in [5, 5.41) is 6.64. The molecule has 2 aromatic rings. The molecule has 2 unspecified atom stereocenters. The number of esters is 1. The number of rotatable bonds is 7. The highest BCUT2D eigenvalue weighted by molar-refractivity contribution is 6.09. The van der Waals surface area contributed by atoms with Gasteiger partial charge in [0.2, 0.25) is 0 Å². The monoisotopic (exact) mass is 462 g/mol. The number of ketones is 1. The van der Waals surface area contributed by atoms with E-state index in [1.807, 2.05) is 55.6 Å². The Hall–Kier alpha value is -3.03. The van der Waals surface area contributed by atoms with Gasteiger partial charge in [-0.05, 0) is 55.5 Å². The lowest BCUT2D eigenvalue weighted by atomic mass is 9.78. The number of hydrogen-bond acceptors (Lipinski definition) is 7. The Kier molecular flexibility index (Phi) is 7.75. The molecule has 1 heterocycles. The lowest BCUT2D eigenvalue weighted by Crippen LogP contribution is -2.41. The van der Waals surface area contributed by atoms with E-state index in [1.165, 1.54) is 0 Å². The Labute approximate surface area is 201 Å². The van der Waals surface area contributed by atoms with Gasteiger partial charge in [0.1, 0.15) is 0 Å². The van der Waals surface area contributed by atoms with Crippen LogP contribution in [0.2, 0.25) is 0 Å². The van der Waals surface area contributed by atoms with E-state index in [-0.39, 0.29) is 23.7 Å². The van der Waals surface area contributed by atoms with E-state index in [0.717, 1.165) is 55.7 Å². The molecule has 1 aliphatic carbocycles. The van der Waals surface area contributed by atoms with Crippen molar-refractivity contribution in [3.63, 3.8) is 0 Å². The summed E-state index contributed by atoms with van der Waals surface area (Å²) < 4.78 is 5.09. The van der Waals surface area contributed by atoms with E-state index in [1.54, 1.807) is 0 Å². The molecule has 7 heteroatoms. The van der Waals surface area contributed by atoms with Crippen LogP contribution in [0.1, 0.15) is 58.4 Å². The SMILES string of the molecule is CCOC(=O)CC1CCc2cc(C(=O)c3ccc(C=NN4CCN(C)CC4)cc3)ccc2C1N. The molecule has 2 aliphatic rings. The number of benzene rings is 2. The van der Waals surface area contributed by atoms with Crippen molar-refractivity contribution in [2.75, 3.05) is 39.8 Å². The van der Waals surface area contributed by atoms with Crippen molar-refractivity contribution in [3.8, 4) is 0 Å². The zero-order valence-electron chi connectivity index (χ0n) is 20.1. The van der Waals surface area contributed by atoms with Gasteiger partial charge in [0.05, 0.1) is 19.2 Å². The number of carbonyl (C=O) groups is 2. The first-order chi connectivity index (χ1) is 16.4. The second-order valence-corrected chi connectivity index (χ2v) is 9.20. The highest BCUT2D eigenvalue weighted by atomic mass is 16.5. The summed E-state index contributed by atoms with van der Waals surface area (Å²) in [6.45, 7) is 6.07. The Balaban J connectivity index is 1.40. The van der Waals surface area contributed by atoms with E-state index in [2.05, 4.69) is 22.1 Å². The third-order valence-corrected chi connectivity index (χ3v) is 6.81. The molecule has 7 nitrogen and oxygen atoms in total. The van der Waals surface area contributed by atoms with Crippen molar-refractivity contribution in [1.29, 1.82) is 0 Å². The molecule has 1 fully saturated rings. The Morgan fingerprint density at radius 2 is 1.79 bits per heavy atom. The van der Waals surface area contributed by atoms with E-state index < -0.39 is 0 Å². The fourth-order valence-electron chi connectivity index (χ4n) is 4.67. The van der Waals surface area contributed by atoms with Crippen LogP contribution in [0.4, 0.5) is 0 Å². The Morgan fingerprint density at radius 1 is 1.09 bits per heavy atom. The number of hydrogen-bond donors (Lipinski definition) is 1. The minimum absolute atomic E-state index is 0.00688. The molecule has 2 N–H and O–H groups in total. The zero-order valence-corrected chi connectivity index (χ0v) is 20.1. The van der Waals surface area contributed by atoms with Gasteiger partial charge in [0.15, 0.2) is 5.78 Å². The van der Waals surface area contributed by atoms with Crippen molar-refractivity contribution in [3.05, 3.63) is 70.3 Å². The summed E-state index contributed by atoms with van der Waals surface area (Å²) in [4.78, 5) is 27.3. The van der Waals surface area contributed by atoms with Gasteiger partial charge in [-0.1, -0.05) is 36.4 Å². The van der Waals surface area contributed by atoms with Crippen LogP contribution >= 0.6 is 0 Å². The number of nitrogens with two attached hydrogens (primary N) is 1. The Morgan fingerprint density at radius 3 is 2.50 bits per heavy atom. The topological polar surface area (TPSA) is 88.2 Å². The number of ether oxygens (including phenoxy) is 1. The number of piperazine rings is 1. The second kappa shape index (κ2) is 10.9. The fraction of sp³-hybridized carbons (Fsp3) is 0.444. The van der Waals surface area contributed by atoms with Gasteiger partial charge in [0, 0.05) is 43.3 Å². The average Bonchev–Trinajstić information content (AvgIpc) is 2.85. The number of likely N-dealkylation sites (N-methyl/N-ethyl adjacent to an activating group) is 1. The minimum atomic E-state index is -0.226. The van der Waals surface area contributed by atoms with Crippen molar-refractivity contribution < 1.29 is 14.3 Å². The molecule has 0 bridgehead atoms. The van der Waals surface area contributed by atoms with Gasteiger partial charge < -0.3 is 15.4 Å². The zero-order chi connectivity index (χ0) is 24.1. The number of carbonyl (C=O) groups excluding carboxylic acids is 2. The maximum absolute atomic E-state index is 13.1. The van der Waals surface area contributed by atoms with E-state index in [4.69, 9.17) is 10.5 Å². The van der Waals surface area contributed by atoms with Crippen molar-refractivity contribution in [2.24, 2.45) is 16.8 Å². The third kappa shape index (κ3) is 5.72. The molecule has 0 spiro atoms. The molecule has 180 valence electrons. The van der Waals surface area contributed by atoms with Gasteiger partial charge >= 0.3 is 5.97 Å².